The molecule has 3 aromatic rings. The second kappa shape index (κ2) is 9.43. The minimum absolute atomic E-state index is 0.309. The van der Waals surface area contributed by atoms with Gasteiger partial charge in [-0.25, -0.2) is 8.42 Å². The minimum Gasteiger partial charge on any atom is -0.494 e. The summed E-state index contributed by atoms with van der Waals surface area (Å²) in [6.07, 6.45) is 0. The molecule has 2 heterocycles. The van der Waals surface area contributed by atoms with E-state index in [0.717, 1.165) is 15.9 Å². The van der Waals surface area contributed by atoms with Crippen molar-refractivity contribution in [2.75, 3.05) is 32.8 Å². The summed E-state index contributed by atoms with van der Waals surface area (Å²) in [7, 11) is -3.50. The normalized spacial score (nSPS) is 15.8. The first-order valence-corrected chi connectivity index (χ1v) is 12.2. The van der Waals surface area contributed by atoms with Gasteiger partial charge in [-0.15, -0.1) is 5.10 Å². The fraction of sp³-hybridized carbons (Fsp3) is 0.350. The topological polar surface area (TPSA) is 93.4 Å². The zero-order valence-corrected chi connectivity index (χ0v) is 19.5. The van der Waals surface area contributed by atoms with E-state index in [1.165, 1.54) is 4.31 Å². The predicted octanol–water partition coefficient (Wildman–Crippen LogP) is 2.33. The quantitative estimate of drug-likeness (QED) is 0.485. The third kappa shape index (κ3) is 4.95. The van der Waals surface area contributed by atoms with Gasteiger partial charge in [0, 0.05) is 30.7 Å². The van der Waals surface area contributed by atoms with Crippen LogP contribution in [0.15, 0.2) is 57.9 Å². The molecule has 0 atom stereocenters. The third-order valence-electron chi connectivity index (χ3n) is 5.07. The average Bonchev–Trinajstić information content (AvgIpc) is 3.23. The summed E-state index contributed by atoms with van der Waals surface area (Å²) in [5.41, 5.74) is 0.847. The summed E-state index contributed by atoms with van der Waals surface area (Å²) < 4.78 is 35.3. The Balaban J connectivity index is 1.40. The number of hydrogen-bond donors (Lipinski definition) is 0. The van der Waals surface area contributed by atoms with Crippen LogP contribution in [0.3, 0.4) is 0 Å². The van der Waals surface area contributed by atoms with Gasteiger partial charge >= 0.3 is 0 Å². The van der Waals surface area contributed by atoms with E-state index >= 15 is 0 Å². The summed E-state index contributed by atoms with van der Waals surface area (Å²) in [5.74, 6) is 1.50. The Labute approximate surface area is 189 Å². The Morgan fingerprint density at radius 2 is 1.68 bits per heavy atom. The molecule has 0 radical (unpaired) electrons. The monoisotopic (exact) mass is 506 g/mol. The van der Waals surface area contributed by atoms with E-state index in [-0.39, 0.29) is 0 Å². The molecule has 4 rings (SSSR count). The van der Waals surface area contributed by atoms with Crippen LogP contribution in [0.1, 0.15) is 12.7 Å². The van der Waals surface area contributed by atoms with E-state index < -0.39 is 10.0 Å². The van der Waals surface area contributed by atoms with Crippen molar-refractivity contribution in [2.24, 2.45) is 0 Å². The molecule has 1 aliphatic rings. The summed E-state index contributed by atoms with van der Waals surface area (Å²) in [4.78, 5) is 2.47. The maximum absolute atomic E-state index is 12.9. The highest BCUT2D eigenvalue weighted by Crippen LogP contribution is 2.21. The van der Waals surface area contributed by atoms with Crippen molar-refractivity contribution in [1.82, 2.24) is 29.4 Å². The molecule has 1 aliphatic heterocycles. The Bertz CT molecular complexity index is 1110. The number of benzene rings is 2. The lowest BCUT2D eigenvalue weighted by atomic mass is 10.3. The highest BCUT2D eigenvalue weighted by Gasteiger charge is 2.29. The molecule has 1 aromatic heterocycles. The summed E-state index contributed by atoms with van der Waals surface area (Å²) in [6, 6.07) is 14.3. The Morgan fingerprint density at radius 1 is 1.00 bits per heavy atom. The van der Waals surface area contributed by atoms with Crippen molar-refractivity contribution in [3.05, 3.63) is 58.8 Å². The second-order valence-electron chi connectivity index (χ2n) is 7.07. The van der Waals surface area contributed by atoms with Gasteiger partial charge in [0.25, 0.3) is 0 Å². The van der Waals surface area contributed by atoms with E-state index in [4.69, 9.17) is 4.74 Å². The van der Waals surface area contributed by atoms with Crippen LogP contribution in [0.4, 0.5) is 0 Å². The largest absolute Gasteiger partial charge is 0.494 e. The molecule has 31 heavy (non-hydrogen) atoms. The molecule has 1 saturated heterocycles. The van der Waals surface area contributed by atoms with Gasteiger partial charge in [-0.1, -0.05) is 15.9 Å². The van der Waals surface area contributed by atoms with E-state index in [0.29, 0.717) is 50.1 Å². The molecular weight excluding hydrogens is 484 g/mol. The summed E-state index contributed by atoms with van der Waals surface area (Å²) in [5, 5.41) is 12.1. The number of nitrogens with zero attached hydrogens (tertiary/aromatic N) is 6. The molecule has 0 unspecified atom stereocenters. The predicted molar refractivity (Wildman–Crippen MR) is 119 cm³/mol. The fourth-order valence-corrected chi connectivity index (χ4v) is 5.13. The summed E-state index contributed by atoms with van der Waals surface area (Å²) in [6.45, 7) is 5.13. The lowest BCUT2D eigenvalue weighted by molar-refractivity contribution is 0.177. The van der Waals surface area contributed by atoms with Crippen LogP contribution in [-0.2, 0) is 16.6 Å². The molecule has 164 valence electrons. The molecule has 0 N–H and O–H groups in total. The van der Waals surface area contributed by atoms with Crippen molar-refractivity contribution < 1.29 is 13.2 Å². The first kappa shape index (κ1) is 21.9. The van der Waals surface area contributed by atoms with E-state index in [2.05, 4.69) is 36.4 Å². The highest BCUT2D eigenvalue weighted by atomic mass is 79.9. The molecule has 2 aromatic carbocycles. The Morgan fingerprint density at radius 3 is 2.32 bits per heavy atom. The van der Waals surface area contributed by atoms with Crippen LogP contribution >= 0.6 is 15.9 Å². The number of piperazine rings is 1. The molecule has 9 nitrogen and oxygen atoms in total. The fourth-order valence-electron chi connectivity index (χ4n) is 3.44. The Kier molecular flexibility index (Phi) is 6.65. The van der Waals surface area contributed by atoms with Gasteiger partial charge in [0.05, 0.1) is 23.7 Å². The number of rotatable bonds is 7. The van der Waals surface area contributed by atoms with Crippen molar-refractivity contribution in [1.29, 1.82) is 0 Å². The SMILES string of the molecule is CCOc1ccc(-n2nnnc2CN2CCN(S(=O)(=O)c3ccc(Br)cc3)CC2)cc1. The number of aromatic nitrogens is 4. The van der Waals surface area contributed by atoms with Gasteiger partial charge in [0.2, 0.25) is 10.0 Å². The smallest absolute Gasteiger partial charge is 0.243 e. The Hall–Kier alpha value is -2.34. The van der Waals surface area contributed by atoms with Crippen molar-refractivity contribution in [3.8, 4) is 11.4 Å². The maximum atomic E-state index is 12.9. The van der Waals surface area contributed by atoms with Gasteiger partial charge in [-0.3, -0.25) is 4.90 Å². The zero-order valence-electron chi connectivity index (χ0n) is 17.1. The third-order valence-corrected chi connectivity index (χ3v) is 7.52. The number of halogens is 1. The molecule has 1 fully saturated rings. The molecule has 0 amide bonds. The van der Waals surface area contributed by atoms with E-state index in [9.17, 15) is 8.42 Å². The van der Waals surface area contributed by atoms with Crippen LogP contribution in [-0.4, -0.2) is 70.6 Å². The average molecular weight is 507 g/mol. The molecule has 0 aliphatic carbocycles. The van der Waals surface area contributed by atoms with Crippen LogP contribution in [0.5, 0.6) is 5.75 Å². The molecule has 0 spiro atoms. The van der Waals surface area contributed by atoms with Crippen LogP contribution in [0.25, 0.3) is 5.69 Å². The van der Waals surface area contributed by atoms with E-state index in [1.807, 2.05) is 31.2 Å². The van der Waals surface area contributed by atoms with Gasteiger partial charge in [0.15, 0.2) is 5.82 Å². The first-order chi connectivity index (χ1) is 15.0. The molecule has 11 heteroatoms. The molecule has 0 bridgehead atoms. The van der Waals surface area contributed by atoms with Gasteiger partial charge in [-0.2, -0.15) is 8.99 Å². The van der Waals surface area contributed by atoms with Gasteiger partial charge < -0.3 is 4.74 Å². The zero-order chi connectivity index (χ0) is 21.8. The number of ether oxygens (including phenoxy) is 1. The van der Waals surface area contributed by atoms with Crippen LogP contribution in [0.2, 0.25) is 0 Å². The first-order valence-electron chi connectivity index (χ1n) is 9.96. The standard InChI is InChI=1S/C20H23BrN6O3S/c1-2-30-18-7-5-17(6-8-18)27-20(22-23-24-27)15-25-11-13-26(14-12-25)31(28,29)19-9-3-16(21)4-10-19/h3-10H,2,11-15H2,1H3. The number of sulfonamides is 1. The van der Waals surface area contributed by atoms with Crippen LogP contribution < -0.4 is 4.74 Å². The number of hydrogen-bond acceptors (Lipinski definition) is 7. The highest BCUT2D eigenvalue weighted by molar-refractivity contribution is 9.10. The second-order valence-corrected chi connectivity index (χ2v) is 9.92. The summed E-state index contributed by atoms with van der Waals surface area (Å²) >= 11 is 3.34. The molecular formula is C20H23BrN6O3S. The van der Waals surface area contributed by atoms with E-state index in [1.54, 1.807) is 28.9 Å². The van der Waals surface area contributed by atoms with Crippen molar-refractivity contribution >= 4 is 26.0 Å². The van der Waals surface area contributed by atoms with Gasteiger partial charge in [-0.05, 0) is 65.9 Å². The lowest BCUT2D eigenvalue weighted by Crippen LogP contribution is -2.48. The lowest BCUT2D eigenvalue weighted by Gasteiger charge is -2.33. The maximum Gasteiger partial charge on any atom is 0.243 e. The van der Waals surface area contributed by atoms with Crippen molar-refractivity contribution in [2.45, 2.75) is 18.4 Å². The number of tetrazole rings is 1. The minimum atomic E-state index is -3.50. The van der Waals surface area contributed by atoms with Crippen molar-refractivity contribution in [3.63, 3.8) is 0 Å². The van der Waals surface area contributed by atoms with Gasteiger partial charge in [0.1, 0.15) is 5.75 Å². The molecule has 0 saturated carbocycles. The van der Waals surface area contributed by atoms with Crippen LogP contribution in [0, 0.1) is 0 Å².